The third kappa shape index (κ3) is 2.09. The van der Waals surface area contributed by atoms with Crippen LogP contribution in [0.2, 0.25) is 0 Å². The Morgan fingerprint density at radius 3 is 2.57 bits per heavy atom. The fourth-order valence-electron chi connectivity index (χ4n) is 2.60. The molecule has 100 valence electrons. The van der Waals surface area contributed by atoms with Crippen LogP contribution in [0.4, 0.5) is 0 Å². The molecular weight excluding hydrogens is 258 g/mol. The minimum Gasteiger partial charge on any atom is -0.278 e. The van der Waals surface area contributed by atoms with Gasteiger partial charge in [0.15, 0.2) is 0 Å². The standard InChI is InChI=1S/C18H13N3/c1-2-7-16-13(4-1)8-10-19-18(16)15-6-3-5-14(12-15)17-9-11-20-21-17/h1-12H,(H,20,21). The molecule has 0 amide bonds. The van der Waals surface area contributed by atoms with E-state index in [1.807, 2.05) is 30.5 Å². The van der Waals surface area contributed by atoms with Crippen LogP contribution >= 0.6 is 0 Å². The molecule has 0 aliphatic carbocycles. The first kappa shape index (κ1) is 11.9. The predicted octanol–water partition coefficient (Wildman–Crippen LogP) is 4.29. The zero-order valence-electron chi connectivity index (χ0n) is 11.3. The van der Waals surface area contributed by atoms with Gasteiger partial charge in [-0.3, -0.25) is 10.1 Å². The number of fused-ring (bicyclic) bond motifs is 1. The average Bonchev–Trinajstić information content (AvgIpc) is 3.09. The van der Waals surface area contributed by atoms with Crippen molar-refractivity contribution in [3.8, 4) is 22.5 Å². The van der Waals surface area contributed by atoms with Crippen LogP contribution in [0, 0.1) is 0 Å². The van der Waals surface area contributed by atoms with Crippen molar-refractivity contribution in [2.45, 2.75) is 0 Å². The summed E-state index contributed by atoms with van der Waals surface area (Å²) in [5, 5.41) is 9.38. The summed E-state index contributed by atoms with van der Waals surface area (Å²) >= 11 is 0. The molecule has 1 N–H and O–H groups in total. The van der Waals surface area contributed by atoms with Crippen molar-refractivity contribution >= 4 is 10.8 Å². The normalized spacial score (nSPS) is 10.9. The van der Waals surface area contributed by atoms with Crippen LogP contribution in [0.1, 0.15) is 0 Å². The zero-order valence-corrected chi connectivity index (χ0v) is 11.3. The molecule has 3 heteroatoms. The lowest BCUT2D eigenvalue weighted by Gasteiger charge is -2.07. The smallest absolute Gasteiger partial charge is 0.0780 e. The molecule has 0 saturated heterocycles. The summed E-state index contributed by atoms with van der Waals surface area (Å²) < 4.78 is 0. The summed E-state index contributed by atoms with van der Waals surface area (Å²) in [6.07, 6.45) is 3.62. The second kappa shape index (κ2) is 4.87. The average molecular weight is 271 g/mol. The molecule has 4 aromatic rings. The molecule has 21 heavy (non-hydrogen) atoms. The van der Waals surface area contributed by atoms with Crippen LogP contribution in [0.25, 0.3) is 33.3 Å². The molecule has 2 aromatic heterocycles. The minimum absolute atomic E-state index is 1.01. The van der Waals surface area contributed by atoms with Gasteiger partial charge in [0.05, 0.1) is 11.4 Å². The van der Waals surface area contributed by atoms with Crippen LogP contribution in [0.5, 0.6) is 0 Å². The van der Waals surface area contributed by atoms with Gasteiger partial charge in [-0.1, -0.05) is 42.5 Å². The molecule has 0 radical (unpaired) electrons. The van der Waals surface area contributed by atoms with E-state index in [1.54, 1.807) is 6.20 Å². The summed E-state index contributed by atoms with van der Waals surface area (Å²) in [5.41, 5.74) is 4.24. The number of hydrogen-bond acceptors (Lipinski definition) is 2. The van der Waals surface area contributed by atoms with Crippen LogP contribution in [-0.4, -0.2) is 15.2 Å². The van der Waals surface area contributed by atoms with Gasteiger partial charge in [-0.15, -0.1) is 0 Å². The highest BCUT2D eigenvalue weighted by atomic mass is 15.1. The summed E-state index contributed by atoms with van der Waals surface area (Å²) in [6.45, 7) is 0. The molecule has 3 nitrogen and oxygen atoms in total. The van der Waals surface area contributed by atoms with E-state index in [0.717, 1.165) is 22.5 Å². The van der Waals surface area contributed by atoms with E-state index in [0.29, 0.717) is 0 Å². The van der Waals surface area contributed by atoms with Crippen molar-refractivity contribution in [3.05, 3.63) is 73.1 Å². The molecule has 0 atom stereocenters. The third-order valence-electron chi connectivity index (χ3n) is 3.62. The number of rotatable bonds is 2. The topological polar surface area (TPSA) is 41.6 Å². The Balaban J connectivity index is 1.91. The number of H-pyrrole nitrogens is 1. The maximum atomic E-state index is 4.57. The van der Waals surface area contributed by atoms with Crippen LogP contribution < -0.4 is 0 Å². The first-order chi connectivity index (χ1) is 10.4. The van der Waals surface area contributed by atoms with Crippen molar-refractivity contribution in [1.82, 2.24) is 15.2 Å². The van der Waals surface area contributed by atoms with Crippen LogP contribution in [0.15, 0.2) is 73.1 Å². The molecule has 0 unspecified atom stereocenters. The van der Waals surface area contributed by atoms with Crippen molar-refractivity contribution in [1.29, 1.82) is 0 Å². The lowest BCUT2D eigenvalue weighted by molar-refractivity contribution is 1.10. The van der Waals surface area contributed by atoms with E-state index >= 15 is 0 Å². The van der Waals surface area contributed by atoms with E-state index in [-0.39, 0.29) is 0 Å². The van der Waals surface area contributed by atoms with Gasteiger partial charge in [0.2, 0.25) is 0 Å². The van der Waals surface area contributed by atoms with Gasteiger partial charge in [0, 0.05) is 28.9 Å². The quantitative estimate of drug-likeness (QED) is 0.591. The Bertz CT molecular complexity index is 890. The van der Waals surface area contributed by atoms with Crippen molar-refractivity contribution < 1.29 is 0 Å². The van der Waals surface area contributed by atoms with E-state index in [4.69, 9.17) is 0 Å². The van der Waals surface area contributed by atoms with Gasteiger partial charge in [-0.05, 0) is 23.6 Å². The van der Waals surface area contributed by atoms with Crippen molar-refractivity contribution in [2.75, 3.05) is 0 Å². The maximum absolute atomic E-state index is 4.57. The monoisotopic (exact) mass is 271 g/mol. The van der Waals surface area contributed by atoms with E-state index in [2.05, 4.69) is 51.6 Å². The number of nitrogens with one attached hydrogen (secondary N) is 1. The highest BCUT2D eigenvalue weighted by Gasteiger charge is 2.06. The first-order valence-electron chi connectivity index (χ1n) is 6.86. The fourth-order valence-corrected chi connectivity index (χ4v) is 2.60. The van der Waals surface area contributed by atoms with E-state index < -0.39 is 0 Å². The van der Waals surface area contributed by atoms with Gasteiger partial charge in [0.1, 0.15) is 0 Å². The predicted molar refractivity (Wildman–Crippen MR) is 84.8 cm³/mol. The third-order valence-corrected chi connectivity index (χ3v) is 3.62. The number of benzene rings is 2. The number of pyridine rings is 1. The Hall–Kier alpha value is -2.94. The number of hydrogen-bond donors (Lipinski definition) is 1. The summed E-state index contributed by atoms with van der Waals surface area (Å²) in [5.74, 6) is 0. The largest absolute Gasteiger partial charge is 0.278 e. The SMILES string of the molecule is c1cc(-c2ccn[nH]2)cc(-c2nccc3ccccc23)c1. The van der Waals surface area contributed by atoms with E-state index in [9.17, 15) is 0 Å². The fraction of sp³-hybridized carbons (Fsp3) is 0. The van der Waals surface area contributed by atoms with Gasteiger partial charge in [-0.2, -0.15) is 5.10 Å². The van der Waals surface area contributed by atoms with Crippen LogP contribution in [0.3, 0.4) is 0 Å². The van der Waals surface area contributed by atoms with Crippen LogP contribution in [-0.2, 0) is 0 Å². The lowest BCUT2D eigenvalue weighted by Crippen LogP contribution is -1.87. The summed E-state index contributed by atoms with van der Waals surface area (Å²) in [7, 11) is 0. The highest BCUT2D eigenvalue weighted by molar-refractivity contribution is 5.94. The second-order valence-corrected chi connectivity index (χ2v) is 4.93. The maximum Gasteiger partial charge on any atom is 0.0780 e. The molecule has 0 saturated carbocycles. The molecule has 0 aliphatic rings. The molecule has 0 spiro atoms. The summed E-state index contributed by atoms with van der Waals surface area (Å²) in [4.78, 5) is 4.57. The Morgan fingerprint density at radius 2 is 1.67 bits per heavy atom. The number of aromatic nitrogens is 3. The van der Waals surface area contributed by atoms with Gasteiger partial charge >= 0.3 is 0 Å². The van der Waals surface area contributed by atoms with Crippen molar-refractivity contribution in [2.24, 2.45) is 0 Å². The minimum atomic E-state index is 1.01. The molecule has 2 aromatic carbocycles. The molecular formula is C18H13N3. The van der Waals surface area contributed by atoms with E-state index in [1.165, 1.54) is 10.8 Å². The Labute approximate surface area is 122 Å². The summed E-state index contributed by atoms with van der Waals surface area (Å²) in [6, 6.07) is 20.7. The van der Waals surface area contributed by atoms with Crippen molar-refractivity contribution in [3.63, 3.8) is 0 Å². The van der Waals surface area contributed by atoms with Gasteiger partial charge in [-0.25, -0.2) is 0 Å². The Kier molecular flexibility index (Phi) is 2.75. The second-order valence-electron chi connectivity index (χ2n) is 4.93. The Morgan fingerprint density at radius 1 is 0.762 bits per heavy atom. The molecule has 0 bridgehead atoms. The molecule has 4 rings (SSSR count). The van der Waals surface area contributed by atoms with Gasteiger partial charge in [0.25, 0.3) is 0 Å². The zero-order chi connectivity index (χ0) is 14.1. The molecule has 0 aliphatic heterocycles. The molecule has 2 heterocycles. The highest BCUT2D eigenvalue weighted by Crippen LogP contribution is 2.29. The van der Waals surface area contributed by atoms with Gasteiger partial charge < -0.3 is 0 Å². The number of aromatic amines is 1. The first-order valence-corrected chi connectivity index (χ1v) is 6.86. The lowest BCUT2D eigenvalue weighted by atomic mass is 10.0. The number of nitrogens with zero attached hydrogens (tertiary/aromatic N) is 2. The molecule has 0 fully saturated rings.